The van der Waals surface area contributed by atoms with Crippen LogP contribution < -0.4 is 5.73 Å². The Morgan fingerprint density at radius 1 is 1.45 bits per heavy atom. The van der Waals surface area contributed by atoms with Crippen LogP contribution >= 0.6 is 0 Å². The zero-order valence-corrected chi connectivity index (χ0v) is 12.9. The van der Waals surface area contributed by atoms with Crippen molar-refractivity contribution in [2.45, 2.75) is 44.9 Å². The summed E-state index contributed by atoms with van der Waals surface area (Å²) in [6.45, 7) is 5.22. The van der Waals surface area contributed by atoms with Gasteiger partial charge < -0.3 is 10.5 Å². The molecular weight excluding hydrogens is 291 g/mol. The van der Waals surface area contributed by atoms with Crippen LogP contribution in [0.1, 0.15) is 32.6 Å². The van der Waals surface area contributed by atoms with E-state index in [1.54, 1.807) is 13.0 Å². The minimum atomic E-state index is -4.42. The molecule has 0 saturated heterocycles. The minimum Gasteiger partial charge on any atom is -0.490 e. The van der Waals surface area contributed by atoms with E-state index in [2.05, 4.69) is 18.7 Å². The lowest BCUT2D eigenvalue weighted by molar-refractivity contribution is -0.0878. The monoisotopic (exact) mass is 315 g/mol. The van der Waals surface area contributed by atoms with Gasteiger partial charge in [-0.3, -0.25) is 0 Å². The Balaban J connectivity index is 2.73. The summed E-state index contributed by atoms with van der Waals surface area (Å²) < 4.78 is 43.2. The molecule has 124 valence electrons. The van der Waals surface area contributed by atoms with Crippen molar-refractivity contribution in [3.63, 3.8) is 0 Å². The van der Waals surface area contributed by atoms with E-state index in [1.807, 2.05) is 0 Å². The molecule has 0 aromatic heterocycles. The summed E-state index contributed by atoms with van der Waals surface area (Å²) in [6, 6.07) is 0. The molecule has 0 bridgehead atoms. The van der Waals surface area contributed by atoms with Gasteiger partial charge in [0.2, 0.25) is 0 Å². The molecule has 0 spiro atoms. The number of hydrogen-bond donors (Lipinski definition) is 1. The molecule has 0 aromatic rings. The summed E-state index contributed by atoms with van der Waals surface area (Å²) in [6.07, 6.45) is 7.44. The van der Waals surface area contributed by atoms with Crippen LogP contribution in [-0.2, 0) is 4.74 Å². The summed E-state index contributed by atoms with van der Waals surface area (Å²) >= 11 is 0. The molecule has 2 nitrogen and oxygen atoms in total. The lowest BCUT2D eigenvalue weighted by Gasteiger charge is -2.28. The van der Waals surface area contributed by atoms with E-state index in [0.29, 0.717) is 18.7 Å². The second kappa shape index (κ2) is 8.83. The summed E-state index contributed by atoms with van der Waals surface area (Å²) in [5.41, 5.74) is 4.73. The Labute approximate surface area is 130 Å². The van der Waals surface area contributed by atoms with Crippen LogP contribution in [0, 0.1) is 5.92 Å². The van der Waals surface area contributed by atoms with Crippen LogP contribution in [-0.4, -0.2) is 18.8 Å². The molecular formula is C17H24F3NO. The Morgan fingerprint density at radius 3 is 2.68 bits per heavy atom. The summed E-state index contributed by atoms with van der Waals surface area (Å²) in [7, 11) is 0. The van der Waals surface area contributed by atoms with E-state index < -0.39 is 11.7 Å². The van der Waals surface area contributed by atoms with Crippen molar-refractivity contribution in [2.24, 2.45) is 11.7 Å². The van der Waals surface area contributed by atoms with Crippen LogP contribution in [0.2, 0.25) is 0 Å². The first kappa shape index (κ1) is 18.6. The number of alkyl halides is 3. The van der Waals surface area contributed by atoms with Crippen LogP contribution in [0.4, 0.5) is 13.2 Å². The number of nitrogens with two attached hydrogens (primary N) is 1. The van der Waals surface area contributed by atoms with Gasteiger partial charge in [0, 0.05) is 11.5 Å². The van der Waals surface area contributed by atoms with Crippen molar-refractivity contribution in [1.29, 1.82) is 0 Å². The Kier molecular flexibility index (Phi) is 7.45. The molecule has 2 N–H and O–H groups in total. The Hall–Kier alpha value is -1.49. The number of hydrogen-bond acceptors (Lipinski definition) is 2. The van der Waals surface area contributed by atoms with Crippen LogP contribution in [0.15, 0.2) is 48.3 Å². The van der Waals surface area contributed by atoms with Crippen molar-refractivity contribution in [3.05, 3.63) is 48.3 Å². The minimum absolute atomic E-state index is 0.114. The zero-order valence-electron chi connectivity index (χ0n) is 12.9. The average Bonchev–Trinajstić information content (AvgIpc) is 2.50. The van der Waals surface area contributed by atoms with Gasteiger partial charge in [-0.05, 0) is 57.4 Å². The van der Waals surface area contributed by atoms with Gasteiger partial charge in [0.15, 0.2) is 0 Å². The molecule has 0 heterocycles. The maximum absolute atomic E-state index is 12.4. The third-order valence-corrected chi connectivity index (χ3v) is 3.61. The molecule has 22 heavy (non-hydrogen) atoms. The van der Waals surface area contributed by atoms with E-state index in [-0.39, 0.29) is 12.0 Å². The third kappa shape index (κ3) is 6.10. The highest BCUT2D eigenvalue weighted by atomic mass is 19.4. The predicted molar refractivity (Wildman–Crippen MR) is 83.1 cm³/mol. The smallest absolute Gasteiger partial charge is 0.415 e. The summed E-state index contributed by atoms with van der Waals surface area (Å²) in [4.78, 5) is 0. The lowest BCUT2D eigenvalue weighted by Crippen LogP contribution is -2.26. The SMILES string of the molecule is C=C(C=CC(=CC)OC(CCN)C1C=CCCC1)C(F)(F)F. The largest absolute Gasteiger partial charge is 0.490 e. The van der Waals surface area contributed by atoms with Gasteiger partial charge in [0.05, 0.1) is 0 Å². The first-order valence-electron chi connectivity index (χ1n) is 7.52. The van der Waals surface area contributed by atoms with Gasteiger partial charge in [-0.2, -0.15) is 13.2 Å². The molecule has 0 aromatic carbocycles. The normalized spacial score (nSPS) is 21.1. The van der Waals surface area contributed by atoms with E-state index in [0.717, 1.165) is 25.3 Å². The fourth-order valence-electron chi connectivity index (χ4n) is 2.33. The highest BCUT2D eigenvalue weighted by Gasteiger charge is 2.30. The van der Waals surface area contributed by atoms with Crippen molar-refractivity contribution in [1.82, 2.24) is 0 Å². The second-order valence-corrected chi connectivity index (χ2v) is 5.30. The number of allylic oxidation sites excluding steroid dienone is 5. The van der Waals surface area contributed by atoms with Crippen molar-refractivity contribution in [2.75, 3.05) is 6.54 Å². The van der Waals surface area contributed by atoms with Gasteiger partial charge in [-0.1, -0.05) is 18.7 Å². The quantitative estimate of drug-likeness (QED) is 0.421. The Bertz CT molecular complexity index is 449. The molecule has 0 radical (unpaired) electrons. The number of ether oxygens (including phenoxy) is 1. The first-order valence-corrected chi connectivity index (χ1v) is 7.52. The molecule has 1 aliphatic carbocycles. The van der Waals surface area contributed by atoms with Gasteiger partial charge in [-0.15, -0.1) is 0 Å². The number of rotatable bonds is 7. The van der Waals surface area contributed by atoms with E-state index >= 15 is 0 Å². The molecule has 1 aliphatic rings. The molecule has 2 atom stereocenters. The van der Waals surface area contributed by atoms with Crippen molar-refractivity contribution < 1.29 is 17.9 Å². The average molecular weight is 315 g/mol. The van der Waals surface area contributed by atoms with E-state index in [4.69, 9.17) is 10.5 Å². The second-order valence-electron chi connectivity index (χ2n) is 5.30. The van der Waals surface area contributed by atoms with Crippen LogP contribution in [0.5, 0.6) is 0 Å². The lowest BCUT2D eigenvalue weighted by atomic mass is 9.89. The molecule has 1 rings (SSSR count). The number of halogens is 3. The topological polar surface area (TPSA) is 35.2 Å². The van der Waals surface area contributed by atoms with E-state index in [1.165, 1.54) is 6.08 Å². The van der Waals surface area contributed by atoms with Crippen LogP contribution in [0.25, 0.3) is 0 Å². The highest BCUT2D eigenvalue weighted by Crippen LogP contribution is 2.28. The molecule has 0 fully saturated rings. The maximum atomic E-state index is 12.4. The van der Waals surface area contributed by atoms with Gasteiger partial charge in [-0.25, -0.2) is 0 Å². The predicted octanol–water partition coefficient (Wildman–Crippen LogP) is 4.66. The van der Waals surface area contributed by atoms with Gasteiger partial charge >= 0.3 is 6.18 Å². The molecule has 0 amide bonds. The zero-order chi connectivity index (χ0) is 16.6. The van der Waals surface area contributed by atoms with Crippen molar-refractivity contribution in [3.8, 4) is 0 Å². The fourth-order valence-corrected chi connectivity index (χ4v) is 2.33. The highest BCUT2D eigenvalue weighted by molar-refractivity contribution is 5.26. The van der Waals surface area contributed by atoms with Gasteiger partial charge in [0.1, 0.15) is 11.9 Å². The van der Waals surface area contributed by atoms with Crippen molar-refractivity contribution >= 4 is 0 Å². The summed E-state index contributed by atoms with van der Waals surface area (Å²) in [5, 5.41) is 0. The Morgan fingerprint density at radius 2 is 2.18 bits per heavy atom. The van der Waals surface area contributed by atoms with E-state index in [9.17, 15) is 13.2 Å². The molecule has 0 saturated carbocycles. The van der Waals surface area contributed by atoms with Gasteiger partial charge in [0.25, 0.3) is 0 Å². The fraction of sp³-hybridized carbons (Fsp3) is 0.529. The molecule has 0 aliphatic heterocycles. The molecule has 2 unspecified atom stereocenters. The summed E-state index contributed by atoms with van der Waals surface area (Å²) in [5.74, 6) is 0.661. The van der Waals surface area contributed by atoms with Crippen LogP contribution in [0.3, 0.4) is 0 Å². The maximum Gasteiger partial charge on any atom is 0.415 e. The molecule has 5 heteroatoms. The third-order valence-electron chi connectivity index (χ3n) is 3.61. The first-order chi connectivity index (χ1) is 10.4. The standard InChI is InChI=1S/C17H24F3NO/c1-3-15(10-9-13(2)17(18,19)20)22-16(11-12-21)14-7-5-4-6-8-14/h3,5,7,9-10,14,16H,2,4,6,8,11-12,21H2,1H3.